The molecule has 1 aromatic carbocycles. The molecule has 0 radical (unpaired) electrons. The van der Waals surface area contributed by atoms with Crippen LogP contribution < -0.4 is 4.74 Å². The van der Waals surface area contributed by atoms with Crippen LogP contribution in [0, 0.1) is 0 Å². The van der Waals surface area contributed by atoms with Gasteiger partial charge in [0.15, 0.2) is 10.9 Å². The summed E-state index contributed by atoms with van der Waals surface area (Å²) in [5.74, 6) is 0.260. The number of rotatable bonds is 5. The number of ether oxygens (including phenoxy) is 1. The molecule has 1 N–H and O–H groups in total. The Bertz CT molecular complexity index is 750. The van der Waals surface area contributed by atoms with Crippen molar-refractivity contribution in [1.82, 2.24) is 0 Å². The highest BCUT2D eigenvalue weighted by molar-refractivity contribution is 7.99. The van der Waals surface area contributed by atoms with E-state index in [9.17, 15) is 18.4 Å². The third-order valence-corrected chi connectivity index (χ3v) is 5.01. The van der Waals surface area contributed by atoms with Crippen molar-refractivity contribution in [3.05, 3.63) is 42.2 Å². The zero-order valence-corrected chi connectivity index (χ0v) is 14.7. The second kappa shape index (κ2) is 8.07. The number of furan rings is 1. The first-order valence-corrected chi connectivity index (χ1v) is 9.16. The van der Waals surface area contributed by atoms with Crippen LogP contribution in [0.3, 0.4) is 0 Å². The highest BCUT2D eigenvalue weighted by Crippen LogP contribution is 2.31. The van der Waals surface area contributed by atoms with Crippen LogP contribution in [0.1, 0.15) is 37.9 Å². The van der Waals surface area contributed by atoms with Crippen molar-refractivity contribution >= 4 is 18.0 Å². The Balaban J connectivity index is 1.61. The van der Waals surface area contributed by atoms with Gasteiger partial charge in [0.2, 0.25) is 6.04 Å². The fourth-order valence-electron chi connectivity index (χ4n) is 2.87. The molecule has 1 heterocycles. The SMILES string of the molecule is O/[N+](=C\c1ccc(Sc2ccc(OC(F)(F)F)cc2)o1)C1CCCCC1. The largest absolute Gasteiger partial charge is 0.573 e. The van der Waals surface area contributed by atoms with Crippen LogP contribution in [-0.4, -0.2) is 28.6 Å². The average molecular weight is 386 g/mol. The highest BCUT2D eigenvalue weighted by Gasteiger charge is 2.31. The normalized spacial score (nSPS) is 16.7. The molecule has 0 spiro atoms. The van der Waals surface area contributed by atoms with E-state index in [0.717, 1.165) is 25.7 Å². The van der Waals surface area contributed by atoms with Crippen molar-refractivity contribution in [2.24, 2.45) is 0 Å². The first-order chi connectivity index (χ1) is 12.4. The van der Waals surface area contributed by atoms with E-state index in [-0.39, 0.29) is 11.8 Å². The van der Waals surface area contributed by atoms with E-state index in [0.29, 0.717) is 15.7 Å². The Hall–Kier alpha value is -2.09. The van der Waals surface area contributed by atoms with Gasteiger partial charge in [0.05, 0.1) is 0 Å². The van der Waals surface area contributed by atoms with Gasteiger partial charge in [-0.25, -0.2) is 0 Å². The first-order valence-electron chi connectivity index (χ1n) is 8.35. The summed E-state index contributed by atoms with van der Waals surface area (Å²) in [6.07, 6.45) is 2.23. The summed E-state index contributed by atoms with van der Waals surface area (Å²) in [7, 11) is 0. The van der Waals surface area contributed by atoms with Crippen molar-refractivity contribution < 1.29 is 32.3 Å². The number of nitrogens with zero attached hydrogens (tertiary/aromatic N) is 1. The van der Waals surface area contributed by atoms with Gasteiger partial charge in [-0.3, -0.25) is 5.21 Å². The summed E-state index contributed by atoms with van der Waals surface area (Å²) in [6.45, 7) is 0. The molecule has 0 unspecified atom stereocenters. The molecule has 0 amide bonds. The van der Waals surface area contributed by atoms with E-state index in [1.807, 2.05) is 0 Å². The lowest BCUT2D eigenvalue weighted by molar-refractivity contribution is -0.797. The maximum Gasteiger partial charge on any atom is 0.573 e. The van der Waals surface area contributed by atoms with E-state index in [1.165, 1.54) is 47.2 Å². The molecule has 140 valence electrons. The molecule has 1 aliphatic carbocycles. The van der Waals surface area contributed by atoms with E-state index < -0.39 is 6.36 Å². The average Bonchev–Trinajstić information content (AvgIpc) is 3.03. The number of hydrogen-bond donors (Lipinski definition) is 1. The summed E-state index contributed by atoms with van der Waals surface area (Å²) in [5.41, 5.74) is 0. The number of halogens is 3. The van der Waals surface area contributed by atoms with Gasteiger partial charge in [0.25, 0.3) is 6.21 Å². The van der Waals surface area contributed by atoms with E-state index in [4.69, 9.17) is 4.42 Å². The monoisotopic (exact) mass is 386 g/mol. The molecule has 1 aliphatic rings. The predicted molar refractivity (Wildman–Crippen MR) is 90.0 cm³/mol. The topological polar surface area (TPSA) is 45.6 Å². The van der Waals surface area contributed by atoms with Crippen molar-refractivity contribution in [1.29, 1.82) is 0 Å². The Morgan fingerprint density at radius 1 is 1.08 bits per heavy atom. The highest BCUT2D eigenvalue weighted by atomic mass is 32.2. The molecule has 3 rings (SSSR count). The van der Waals surface area contributed by atoms with Gasteiger partial charge in [0.1, 0.15) is 5.75 Å². The minimum absolute atomic E-state index is 0.117. The standard InChI is InChI=1S/C18H19F3NO3S/c19-18(20,21)25-14-6-9-16(10-7-14)26-17-11-8-15(24-17)12-22(23)13-4-2-1-3-5-13/h6-13,23H,1-5H2/q+1/b22-12-. The van der Waals surface area contributed by atoms with Crippen LogP contribution in [-0.2, 0) is 0 Å². The molecule has 0 atom stereocenters. The number of alkyl halides is 3. The van der Waals surface area contributed by atoms with Gasteiger partial charge in [-0.2, -0.15) is 0 Å². The Morgan fingerprint density at radius 3 is 2.42 bits per heavy atom. The van der Waals surface area contributed by atoms with E-state index in [2.05, 4.69) is 4.74 Å². The molecular weight excluding hydrogens is 367 g/mol. The van der Waals surface area contributed by atoms with Crippen LogP contribution in [0.5, 0.6) is 5.75 Å². The summed E-state index contributed by atoms with van der Waals surface area (Å²) in [6, 6.07) is 9.18. The van der Waals surface area contributed by atoms with Crippen LogP contribution >= 0.6 is 11.8 Å². The van der Waals surface area contributed by atoms with Gasteiger partial charge in [-0.1, -0.05) is 18.2 Å². The van der Waals surface area contributed by atoms with E-state index in [1.54, 1.807) is 18.3 Å². The minimum Gasteiger partial charge on any atom is -0.444 e. The van der Waals surface area contributed by atoms with Gasteiger partial charge < -0.3 is 9.15 Å². The number of hydroxylamine groups is 1. The fourth-order valence-corrected chi connectivity index (χ4v) is 3.64. The number of benzene rings is 1. The molecule has 1 fully saturated rings. The Kier molecular flexibility index (Phi) is 5.80. The van der Waals surface area contributed by atoms with Gasteiger partial charge in [0, 0.05) is 17.7 Å². The van der Waals surface area contributed by atoms with Gasteiger partial charge >= 0.3 is 6.36 Å². The summed E-state index contributed by atoms with van der Waals surface area (Å²) >= 11 is 1.27. The molecular formula is C18H19F3NO3S+. The lowest BCUT2D eigenvalue weighted by atomic mass is 9.96. The van der Waals surface area contributed by atoms with Crippen molar-refractivity contribution in [2.45, 2.75) is 54.5 Å². The van der Waals surface area contributed by atoms with Crippen LogP contribution in [0.15, 0.2) is 50.8 Å². The Morgan fingerprint density at radius 2 is 1.77 bits per heavy atom. The van der Waals surface area contributed by atoms with E-state index >= 15 is 0 Å². The maximum absolute atomic E-state index is 12.2. The van der Waals surface area contributed by atoms with Crippen molar-refractivity contribution in [3.8, 4) is 5.75 Å². The van der Waals surface area contributed by atoms with Crippen LogP contribution in [0.25, 0.3) is 0 Å². The number of hydrogen-bond acceptors (Lipinski definition) is 4. The third kappa shape index (κ3) is 5.45. The summed E-state index contributed by atoms with van der Waals surface area (Å²) in [4.78, 5) is 0.716. The molecule has 1 aromatic heterocycles. The lowest BCUT2D eigenvalue weighted by Crippen LogP contribution is -2.26. The van der Waals surface area contributed by atoms with Crippen LogP contribution in [0.4, 0.5) is 13.2 Å². The van der Waals surface area contributed by atoms with Gasteiger partial charge in [-0.15, -0.1) is 13.2 Å². The predicted octanol–water partition coefficient (Wildman–Crippen LogP) is 5.48. The fraction of sp³-hybridized carbons (Fsp3) is 0.389. The van der Waals surface area contributed by atoms with Crippen LogP contribution in [0.2, 0.25) is 0 Å². The lowest BCUT2D eigenvalue weighted by Gasteiger charge is -2.14. The minimum atomic E-state index is -4.70. The molecule has 2 aromatic rings. The summed E-state index contributed by atoms with van der Waals surface area (Å²) in [5, 5.41) is 10.7. The quantitative estimate of drug-likeness (QED) is 0.320. The molecule has 0 bridgehead atoms. The molecule has 8 heteroatoms. The molecule has 0 saturated heterocycles. The third-order valence-electron chi connectivity index (χ3n) is 4.09. The second-order valence-electron chi connectivity index (χ2n) is 6.08. The zero-order chi connectivity index (χ0) is 18.6. The smallest absolute Gasteiger partial charge is 0.444 e. The van der Waals surface area contributed by atoms with Gasteiger partial charge in [-0.05, 0) is 54.0 Å². The van der Waals surface area contributed by atoms with Crippen molar-refractivity contribution in [3.63, 3.8) is 0 Å². The maximum atomic E-state index is 12.2. The molecule has 4 nitrogen and oxygen atoms in total. The second-order valence-corrected chi connectivity index (χ2v) is 7.16. The first kappa shape index (κ1) is 18.7. The van der Waals surface area contributed by atoms with Crippen molar-refractivity contribution in [2.75, 3.05) is 0 Å². The molecule has 1 saturated carbocycles. The zero-order valence-electron chi connectivity index (χ0n) is 13.9. The molecule has 26 heavy (non-hydrogen) atoms. The molecule has 0 aliphatic heterocycles. The summed E-state index contributed by atoms with van der Waals surface area (Å²) < 4.78 is 47.2. The Labute approximate surface area is 153 Å².